The molecule has 0 saturated heterocycles. The number of rotatable bonds is 9. The minimum absolute atomic E-state index is 0.135. The number of nitrogens with zero attached hydrogens (tertiary/aromatic N) is 1. The first-order valence-electron chi connectivity index (χ1n) is 9.48. The summed E-state index contributed by atoms with van der Waals surface area (Å²) in [7, 11) is 4.66. The average Bonchev–Trinajstić information content (AvgIpc) is 3.30. The predicted octanol–water partition coefficient (Wildman–Crippen LogP) is 4.55. The zero-order valence-corrected chi connectivity index (χ0v) is 17.3. The van der Waals surface area contributed by atoms with E-state index in [2.05, 4.69) is 0 Å². The molecule has 30 heavy (non-hydrogen) atoms. The number of benzene rings is 2. The SMILES string of the molecule is COc1cc(/C=C/C(=O)N(Cc2ccccc2)Cc2ccco2)cc(OC)c1OC. The van der Waals surface area contributed by atoms with E-state index in [0.717, 1.165) is 16.9 Å². The maximum absolute atomic E-state index is 13.0. The van der Waals surface area contributed by atoms with Crippen LogP contribution in [0.5, 0.6) is 17.2 Å². The van der Waals surface area contributed by atoms with E-state index >= 15 is 0 Å². The molecule has 1 heterocycles. The van der Waals surface area contributed by atoms with Crippen LogP contribution >= 0.6 is 0 Å². The molecule has 0 aliphatic carbocycles. The van der Waals surface area contributed by atoms with Gasteiger partial charge in [0.2, 0.25) is 11.7 Å². The van der Waals surface area contributed by atoms with E-state index in [-0.39, 0.29) is 5.91 Å². The van der Waals surface area contributed by atoms with E-state index in [1.807, 2.05) is 42.5 Å². The molecule has 0 aliphatic heterocycles. The van der Waals surface area contributed by atoms with Crippen LogP contribution in [0.4, 0.5) is 0 Å². The summed E-state index contributed by atoms with van der Waals surface area (Å²) in [5.74, 6) is 2.15. The lowest BCUT2D eigenvalue weighted by molar-refractivity contribution is -0.127. The molecule has 0 N–H and O–H groups in total. The number of ether oxygens (including phenoxy) is 3. The fraction of sp³-hybridized carbons (Fsp3) is 0.208. The molecule has 2 aromatic carbocycles. The Morgan fingerprint density at radius 3 is 2.20 bits per heavy atom. The van der Waals surface area contributed by atoms with Crippen molar-refractivity contribution in [3.8, 4) is 17.2 Å². The van der Waals surface area contributed by atoms with Crippen LogP contribution in [0.1, 0.15) is 16.9 Å². The van der Waals surface area contributed by atoms with Gasteiger partial charge < -0.3 is 23.5 Å². The van der Waals surface area contributed by atoms with Crippen molar-refractivity contribution in [2.24, 2.45) is 0 Å². The molecule has 156 valence electrons. The molecule has 1 aromatic heterocycles. The van der Waals surface area contributed by atoms with Crippen molar-refractivity contribution < 1.29 is 23.4 Å². The summed E-state index contributed by atoms with van der Waals surface area (Å²) < 4.78 is 21.5. The first-order valence-corrected chi connectivity index (χ1v) is 9.48. The summed E-state index contributed by atoms with van der Waals surface area (Å²) in [6.45, 7) is 0.848. The van der Waals surface area contributed by atoms with Crippen LogP contribution in [-0.4, -0.2) is 32.1 Å². The summed E-state index contributed by atoms with van der Waals surface area (Å²) in [5, 5.41) is 0. The molecule has 0 atom stereocenters. The van der Waals surface area contributed by atoms with Crippen molar-refractivity contribution in [3.63, 3.8) is 0 Å². The average molecular weight is 407 g/mol. The molecule has 3 rings (SSSR count). The van der Waals surface area contributed by atoms with Gasteiger partial charge in [-0.05, 0) is 41.5 Å². The number of hydrogen-bond donors (Lipinski definition) is 0. The largest absolute Gasteiger partial charge is 0.493 e. The monoisotopic (exact) mass is 407 g/mol. The van der Waals surface area contributed by atoms with Crippen LogP contribution in [0.3, 0.4) is 0 Å². The van der Waals surface area contributed by atoms with E-state index < -0.39 is 0 Å². The van der Waals surface area contributed by atoms with Crippen molar-refractivity contribution in [3.05, 3.63) is 83.8 Å². The standard InChI is InChI=1S/C24H25NO5/c1-27-21-14-19(15-22(28-2)24(21)29-3)11-12-23(26)25(17-20-10-7-13-30-20)16-18-8-5-4-6-9-18/h4-15H,16-17H2,1-3H3/b12-11+. The van der Waals surface area contributed by atoms with Gasteiger partial charge in [-0.2, -0.15) is 0 Å². The van der Waals surface area contributed by atoms with Crippen LogP contribution in [0.2, 0.25) is 0 Å². The van der Waals surface area contributed by atoms with Crippen molar-refractivity contribution in [1.82, 2.24) is 4.90 Å². The zero-order valence-electron chi connectivity index (χ0n) is 17.3. The fourth-order valence-electron chi connectivity index (χ4n) is 3.08. The van der Waals surface area contributed by atoms with E-state index in [4.69, 9.17) is 18.6 Å². The van der Waals surface area contributed by atoms with Gasteiger partial charge in [-0.3, -0.25) is 4.79 Å². The molecule has 0 unspecified atom stereocenters. The number of amides is 1. The van der Waals surface area contributed by atoms with Gasteiger partial charge in [0.15, 0.2) is 11.5 Å². The number of methoxy groups -OCH3 is 3. The lowest BCUT2D eigenvalue weighted by atomic mass is 10.1. The Bertz CT molecular complexity index is 955. The van der Waals surface area contributed by atoms with Gasteiger partial charge in [-0.1, -0.05) is 30.3 Å². The first-order chi connectivity index (χ1) is 14.6. The zero-order chi connectivity index (χ0) is 21.3. The third-order valence-corrected chi connectivity index (χ3v) is 4.56. The fourth-order valence-corrected chi connectivity index (χ4v) is 3.08. The summed E-state index contributed by atoms with van der Waals surface area (Å²) in [6.07, 6.45) is 4.87. The number of furan rings is 1. The van der Waals surface area contributed by atoms with E-state index in [9.17, 15) is 4.79 Å². The van der Waals surface area contributed by atoms with Crippen LogP contribution in [-0.2, 0) is 17.9 Å². The minimum Gasteiger partial charge on any atom is -0.493 e. The predicted molar refractivity (Wildman–Crippen MR) is 115 cm³/mol. The Hall–Kier alpha value is -3.67. The van der Waals surface area contributed by atoms with Crippen LogP contribution in [0, 0.1) is 0 Å². The first kappa shape index (κ1) is 21.0. The van der Waals surface area contributed by atoms with Gasteiger partial charge >= 0.3 is 0 Å². The molecule has 0 spiro atoms. The summed E-state index contributed by atoms with van der Waals surface area (Å²) in [4.78, 5) is 14.7. The van der Waals surface area contributed by atoms with Crippen LogP contribution in [0.25, 0.3) is 6.08 Å². The molecule has 6 heteroatoms. The Morgan fingerprint density at radius 2 is 1.63 bits per heavy atom. The molecule has 0 radical (unpaired) electrons. The molecule has 1 amide bonds. The third-order valence-electron chi connectivity index (χ3n) is 4.56. The molecule has 0 bridgehead atoms. The van der Waals surface area contributed by atoms with Crippen molar-refractivity contribution in [1.29, 1.82) is 0 Å². The minimum atomic E-state index is -0.135. The Balaban J connectivity index is 1.83. The second-order valence-electron chi connectivity index (χ2n) is 6.55. The van der Waals surface area contributed by atoms with Gasteiger partial charge in [0.25, 0.3) is 0 Å². The lowest BCUT2D eigenvalue weighted by Crippen LogP contribution is -2.28. The molecular formula is C24H25NO5. The maximum Gasteiger partial charge on any atom is 0.247 e. The lowest BCUT2D eigenvalue weighted by Gasteiger charge is -2.20. The molecule has 3 aromatic rings. The van der Waals surface area contributed by atoms with E-state index in [0.29, 0.717) is 30.3 Å². The van der Waals surface area contributed by atoms with Gasteiger partial charge in [-0.25, -0.2) is 0 Å². The van der Waals surface area contributed by atoms with Gasteiger partial charge in [-0.15, -0.1) is 0 Å². The number of carbonyl (C=O) groups excluding carboxylic acids is 1. The topological polar surface area (TPSA) is 61.1 Å². The second kappa shape index (κ2) is 10.2. The highest BCUT2D eigenvalue weighted by Crippen LogP contribution is 2.38. The quantitative estimate of drug-likeness (QED) is 0.487. The molecule has 0 fully saturated rings. The normalized spacial score (nSPS) is 10.8. The maximum atomic E-state index is 13.0. The summed E-state index contributed by atoms with van der Waals surface area (Å²) in [5.41, 5.74) is 1.80. The third kappa shape index (κ3) is 5.23. The van der Waals surface area contributed by atoms with E-state index in [1.54, 1.807) is 50.7 Å². The van der Waals surface area contributed by atoms with Crippen LogP contribution in [0.15, 0.2) is 71.4 Å². The van der Waals surface area contributed by atoms with Crippen molar-refractivity contribution >= 4 is 12.0 Å². The number of hydrogen-bond acceptors (Lipinski definition) is 5. The highest BCUT2D eigenvalue weighted by Gasteiger charge is 2.15. The second-order valence-corrected chi connectivity index (χ2v) is 6.55. The molecule has 0 saturated carbocycles. The highest BCUT2D eigenvalue weighted by molar-refractivity contribution is 5.92. The van der Waals surface area contributed by atoms with Gasteiger partial charge in [0.05, 0.1) is 34.1 Å². The Morgan fingerprint density at radius 1 is 0.933 bits per heavy atom. The Kier molecular flexibility index (Phi) is 7.16. The van der Waals surface area contributed by atoms with Crippen molar-refractivity contribution in [2.75, 3.05) is 21.3 Å². The molecule has 6 nitrogen and oxygen atoms in total. The summed E-state index contributed by atoms with van der Waals surface area (Å²) in [6, 6.07) is 17.1. The van der Waals surface area contributed by atoms with E-state index in [1.165, 1.54) is 6.08 Å². The number of carbonyl (C=O) groups is 1. The van der Waals surface area contributed by atoms with Crippen LogP contribution < -0.4 is 14.2 Å². The van der Waals surface area contributed by atoms with Gasteiger partial charge in [0.1, 0.15) is 5.76 Å². The highest BCUT2D eigenvalue weighted by atomic mass is 16.5. The van der Waals surface area contributed by atoms with Gasteiger partial charge in [0, 0.05) is 12.6 Å². The van der Waals surface area contributed by atoms with Crippen molar-refractivity contribution in [2.45, 2.75) is 13.1 Å². The smallest absolute Gasteiger partial charge is 0.247 e. The molecule has 0 aliphatic rings. The summed E-state index contributed by atoms with van der Waals surface area (Å²) >= 11 is 0. The molecular weight excluding hydrogens is 382 g/mol. The Labute approximate surface area is 176 Å².